The van der Waals surface area contributed by atoms with Crippen LogP contribution in [-0.2, 0) is 19.6 Å². The molecule has 0 saturated carbocycles. The Labute approximate surface area is 163 Å². The summed E-state index contributed by atoms with van der Waals surface area (Å²) in [5.41, 5.74) is 0.317. The van der Waals surface area contributed by atoms with E-state index >= 15 is 0 Å². The van der Waals surface area contributed by atoms with Crippen LogP contribution in [0.25, 0.3) is 0 Å². The third kappa shape index (κ3) is 4.33. The van der Waals surface area contributed by atoms with Gasteiger partial charge in [-0.3, -0.25) is 9.10 Å². The summed E-state index contributed by atoms with van der Waals surface area (Å²) in [4.78, 5) is 11.5. The molecule has 0 aliphatic rings. The summed E-state index contributed by atoms with van der Waals surface area (Å²) in [5.74, 6) is -0.699. The largest absolute Gasteiger partial charge is 0.468 e. The summed E-state index contributed by atoms with van der Waals surface area (Å²) in [6.07, 6.45) is 0. The predicted molar refractivity (Wildman–Crippen MR) is 102 cm³/mol. The SMILES string of the molecule is COC(=O)CN(c1ccc(I)cc1)S(=O)(=O)c1cc(Cl)ccc1Cl. The van der Waals surface area contributed by atoms with Crippen LogP contribution in [0.4, 0.5) is 5.69 Å². The van der Waals surface area contributed by atoms with Crippen molar-refractivity contribution in [1.29, 1.82) is 0 Å². The second-order valence-electron chi connectivity index (χ2n) is 4.64. The Bertz CT molecular complexity index is 856. The molecule has 0 saturated heterocycles. The molecule has 0 aliphatic heterocycles. The minimum atomic E-state index is -4.11. The highest BCUT2D eigenvalue weighted by Crippen LogP contribution is 2.30. The Hall–Kier alpha value is -1.03. The molecule has 0 heterocycles. The zero-order valence-electron chi connectivity index (χ0n) is 12.4. The number of nitrogens with zero attached hydrogens (tertiary/aromatic N) is 1. The Balaban J connectivity index is 2.58. The van der Waals surface area contributed by atoms with Gasteiger partial charge in [-0.1, -0.05) is 23.2 Å². The fourth-order valence-electron chi connectivity index (χ4n) is 1.90. The normalized spacial score (nSPS) is 11.2. The number of methoxy groups -OCH3 is 1. The van der Waals surface area contributed by atoms with Crippen molar-refractivity contribution in [3.8, 4) is 0 Å². The number of sulfonamides is 1. The lowest BCUT2D eigenvalue weighted by molar-refractivity contribution is -0.138. The van der Waals surface area contributed by atoms with E-state index in [2.05, 4.69) is 27.3 Å². The molecule has 0 N–H and O–H groups in total. The molecular formula is C15H12Cl2INO4S. The Morgan fingerprint density at radius 3 is 2.38 bits per heavy atom. The topological polar surface area (TPSA) is 63.7 Å². The van der Waals surface area contributed by atoms with E-state index in [0.29, 0.717) is 5.69 Å². The predicted octanol–water partition coefficient (Wildman–Crippen LogP) is 3.97. The van der Waals surface area contributed by atoms with Crippen LogP contribution in [-0.4, -0.2) is 28.0 Å². The van der Waals surface area contributed by atoms with Crippen LogP contribution in [0.15, 0.2) is 47.4 Å². The van der Waals surface area contributed by atoms with E-state index in [0.717, 1.165) is 7.88 Å². The molecule has 0 unspecified atom stereocenters. The first-order valence-electron chi connectivity index (χ1n) is 6.56. The molecule has 9 heteroatoms. The quantitative estimate of drug-likeness (QED) is 0.461. The lowest BCUT2D eigenvalue weighted by atomic mass is 10.3. The maximum atomic E-state index is 13.0. The fourth-order valence-corrected chi connectivity index (χ4v) is 4.41. The van der Waals surface area contributed by atoms with Crippen molar-refractivity contribution in [2.45, 2.75) is 4.90 Å². The summed E-state index contributed by atoms with van der Waals surface area (Å²) in [6, 6.07) is 10.8. The molecule has 2 aromatic rings. The smallest absolute Gasteiger partial charge is 0.326 e. The molecular weight excluding hydrogens is 488 g/mol. The van der Waals surface area contributed by atoms with Gasteiger partial charge in [-0.25, -0.2) is 8.42 Å². The summed E-state index contributed by atoms with van der Waals surface area (Å²) in [6.45, 7) is -0.484. The van der Waals surface area contributed by atoms with Crippen molar-refractivity contribution in [3.05, 3.63) is 56.1 Å². The second-order valence-corrected chi connectivity index (χ2v) is 8.56. The zero-order chi connectivity index (χ0) is 17.9. The number of hydrogen-bond acceptors (Lipinski definition) is 4. The fraction of sp³-hybridized carbons (Fsp3) is 0.133. The molecule has 0 aliphatic carbocycles. The summed E-state index contributed by atoms with van der Waals surface area (Å²) < 4.78 is 32.5. The van der Waals surface area contributed by atoms with Crippen molar-refractivity contribution in [2.24, 2.45) is 0 Å². The summed E-state index contributed by atoms with van der Waals surface area (Å²) >= 11 is 14.0. The van der Waals surface area contributed by atoms with Crippen LogP contribution < -0.4 is 4.31 Å². The molecule has 0 fully saturated rings. The van der Waals surface area contributed by atoms with Crippen LogP contribution in [0, 0.1) is 3.57 Å². The number of hydrogen-bond donors (Lipinski definition) is 0. The minimum absolute atomic E-state index is 0.0137. The number of halogens is 3. The molecule has 0 atom stereocenters. The number of esters is 1. The van der Waals surface area contributed by atoms with Gasteiger partial charge >= 0.3 is 5.97 Å². The van der Waals surface area contributed by atoms with Gasteiger partial charge in [-0.05, 0) is 65.1 Å². The molecule has 0 bridgehead atoms. The highest BCUT2D eigenvalue weighted by atomic mass is 127. The summed E-state index contributed by atoms with van der Waals surface area (Å²) in [7, 11) is -2.92. The van der Waals surface area contributed by atoms with E-state index < -0.39 is 22.5 Å². The van der Waals surface area contributed by atoms with Crippen molar-refractivity contribution < 1.29 is 17.9 Å². The van der Waals surface area contributed by atoms with Gasteiger partial charge in [0.15, 0.2) is 0 Å². The second kappa shape index (κ2) is 7.90. The van der Waals surface area contributed by atoms with Crippen molar-refractivity contribution in [2.75, 3.05) is 18.0 Å². The molecule has 2 aromatic carbocycles. The molecule has 128 valence electrons. The number of carbonyl (C=O) groups is 1. The van der Waals surface area contributed by atoms with Gasteiger partial charge in [0.25, 0.3) is 10.0 Å². The van der Waals surface area contributed by atoms with E-state index in [1.54, 1.807) is 24.3 Å². The van der Waals surface area contributed by atoms with Crippen LogP contribution >= 0.6 is 45.8 Å². The molecule has 0 spiro atoms. The van der Waals surface area contributed by atoms with Crippen LogP contribution in [0.2, 0.25) is 10.0 Å². The number of ether oxygens (including phenoxy) is 1. The van der Waals surface area contributed by atoms with Gasteiger partial charge in [0.1, 0.15) is 11.4 Å². The Kier molecular flexibility index (Phi) is 6.35. The highest BCUT2D eigenvalue weighted by Gasteiger charge is 2.29. The van der Waals surface area contributed by atoms with Gasteiger partial charge in [-0.15, -0.1) is 0 Å². The molecule has 2 rings (SSSR count). The number of carbonyl (C=O) groups excluding carboxylic acids is 1. The first-order chi connectivity index (χ1) is 11.3. The Morgan fingerprint density at radius 2 is 1.79 bits per heavy atom. The van der Waals surface area contributed by atoms with Gasteiger partial charge in [0.2, 0.25) is 0 Å². The van der Waals surface area contributed by atoms with E-state index in [4.69, 9.17) is 23.2 Å². The van der Waals surface area contributed by atoms with Crippen molar-refractivity contribution >= 4 is 67.5 Å². The van der Waals surface area contributed by atoms with Crippen LogP contribution in [0.3, 0.4) is 0 Å². The lowest BCUT2D eigenvalue weighted by Gasteiger charge is -2.24. The zero-order valence-corrected chi connectivity index (χ0v) is 16.9. The average Bonchev–Trinajstić information content (AvgIpc) is 2.55. The minimum Gasteiger partial charge on any atom is -0.468 e. The molecule has 24 heavy (non-hydrogen) atoms. The van der Waals surface area contributed by atoms with Gasteiger partial charge in [0, 0.05) is 8.59 Å². The molecule has 0 amide bonds. The maximum Gasteiger partial charge on any atom is 0.326 e. The standard InChI is InChI=1S/C15H12Cl2INO4S/c1-23-15(20)9-19(12-5-3-11(18)4-6-12)24(21,22)14-8-10(16)2-7-13(14)17/h2-8H,9H2,1H3. The third-order valence-corrected chi connectivity index (χ3v) is 6.29. The summed E-state index contributed by atoms with van der Waals surface area (Å²) in [5, 5.41) is 0.235. The van der Waals surface area contributed by atoms with Gasteiger partial charge in [-0.2, -0.15) is 0 Å². The number of benzene rings is 2. The van der Waals surface area contributed by atoms with Crippen molar-refractivity contribution in [3.63, 3.8) is 0 Å². The number of rotatable bonds is 5. The van der Waals surface area contributed by atoms with Crippen molar-refractivity contribution in [1.82, 2.24) is 0 Å². The number of anilines is 1. The molecule has 5 nitrogen and oxygen atoms in total. The highest BCUT2D eigenvalue weighted by molar-refractivity contribution is 14.1. The van der Waals surface area contributed by atoms with E-state index in [1.165, 1.54) is 25.3 Å². The lowest BCUT2D eigenvalue weighted by Crippen LogP contribution is -2.36. The van der Waals surface area contributed by atoms with E-state index in [1.807, 2.05) is 0 Å². The van der Waals surface area contributed by atoms with Gasteiger partial charge in [0.05, 0.1) is 17.8 Å². The monoisotopic (exact) mass is 499 g/mol. The van der Waals surface area contributed by atoms with E-state index in [9.17, 15) is 13.2 Å². The van der Waals surface area contributed by atoms with Gasteiger partial charge < -0.3 is 4.74 Å². The maximum absolute atomic E-state index is 13.0. The average molecular weight is 500 g/mol. The third-order valence-electron chi connectivity index (χ3n) is 3.08. The Morgan fingerprint density at radius 1 is 1.17 bits per heavy atom. The van der Waals surface area contributed by atoms with E-state index in [-0.39, 0.29) is 14.9 Å². The first kappa shape index (κ1) is 19.3. The van der Waals surface area contributed by atoms with Crippen LogP contribution in [0.1, 0.15) is 0 Å². The molecule has 0 radical (unpaired) electrons. The molecule has 0 aromatic heterocycles. The first-order valence-corrected chi connectivity index (χ1v) is 9.83. The van der Waals surface area contributed by atoms with Crippen LogP contribution in [0.5, 0.6) is 0 Å².